The average molecular weight is 292 g/mol. The Labute approximate surface area is 114 Å². The van der Waals surface area contributed by atoms with Gasteiger partial charge in [-0.2, -0.15) is 4.31 Å². The topological polar surface area (TPSA) is 46.6 Å². The molecule has 0 heterocycles. The second-order valence-electron chi connectivity index (χ2n) is 3.82. The number of hydrogen-bond acceptors (Lipinski definition) is 3. The highest BCUT2D eigenvalue weighted by molar-refractivity contribution is 7.89. The Hall–Kier alpha value is -0.620. The molecular formula is C12H18ClNO3S. The SMILES string of the molecule is COCCS(=O)(=O)N(CCCl)Cc1ccccc1. The first-order chi connectivity index (χ1) is 8.60. The third kappa shape index (κ3) is 4.94. The van der Waals surface area contributed by atoms with Crippen molar-refractivity contribution in [2.75, 3.05) is 31.9 Å². The van der Waals surface area contributed by atoms with Crippen molar-refractivity contribution >= 4 is 21.6 Å². The van der Waals surface area contributed by atoms with Gasteiger partial charge in [0.15, 0.2) is 0 Å². The first kappa shape index (κ1) is 15.4. The monoisotopic (exact) mass is 291 g/mol. The zero-order valence-electron chi connectivity index (χ0n) is 10.4. The number of nitrogens with zero attached hydrogens (tertiary/aromatic N) is 1. The Kier molecular flexibility index (Phi) is 6.63. The van der Waals surface area contributed by atoms with Crippen LogP contribution >= 0.6 is 11.6 Å². The van der Waals surface area contributed by atoms with Crippen molar-refractivity contribution in [2.45, 2.75) is 6.54 Å². The maximum atomic E-state index is 12.1. The summed E-state index contributed by atoms with van der Waals surface area (Å²) in [5.41, 5.74) is 0.948. The largest absolute Gasteiger partial charge is 0.384 e. The van der Waals surface area contributed by atoms with Crippen LogP contribution in [-0.2, 0) is 21.3 Å². The van der Waals surface area contributed by atoms with Crippen molar-refractivity contribution in [2.24, 2.45) is 0 Å². The second kappa shape index (κ2) is 7.74. The third-order valence-electron chi connectivity index (χ3n) is 2.47. The molecule has 0 aliphatic carbocycles. The number of hydrogen-bond donors (Lipinski definition) is 0. The number of rotatable bonds is 8. The van der Waals surface area contributed by atoms with Gasteiger partial charge in [0.2, 0.25) is 10.0 Å². The average Bonchev–Trinajstić information content (AvgIpc) is 2.37. The van der Waals surface area contributed by atoms with Crippen LogP contribution in [0.1, 0.15) is 5.56 Å². The van der Waals surface area contributed by atoms with E-state index in [9.17, 15) is 8.42 Å². The molecule has 0 bridgehead atoms. The van der Waals surface area contributed by atoms with E-state index in [1.165, 1.54) is 11.4 Å². The summed E-state index contributed by atoms with van der Waals surface area (Å²) in [5.74, 6) is 0.256. The lowest BCUT2D eigenvalue weighted by Crippen LogP contribution is -2.35. The number of halogens is 1. The number of alkyl halides is 1. The van der Waals surface area contributed by atoms with Crippen LogP contribution in [0.5, 0.6) is 0 Å². The second-order valence-corrected chi connectivity index (χ2v) is 6.28. The summed E-state index contributed by atoms with van der Waals surface area (Å²) >= 11 is 5.67. The molecule has 4 nitrogen and oxygen atoms in total. The molecule has 1 aromatic carbocycles. The van der Waals surface area contributed by atoms with Gasteiger partial charge in [0.1, 0.15) is 0 Å². The number of ether oxygens (including phenoxy) is 1. The number of sulfonamides is 1. The third-order valence-corrected chi connectivity index (χ3v) is 4.42. The van der Waals surface area contributed by atoms with Crippen molar-refractivity contribution in [3.8, 4) is 0 Å². The van der Waals surface area contributed by atoms with E-state index in [2.05, 4.69) is 0 Å². The quantitative estimate of drug-likeness (QED) is 0.685. The predicted octanol–water partition coefficient (Wildman–Crippen LogP) is 1.70. The maximum absolute atomic E-state index is 12.1. The van der Waals surface area contributed by atoms with Gasteiger partial charge in [-0.3, -0.25) is 0 Å². The summed E-state index contributed by atoms with van der Waals surface area (Å²) in [6.07, 6.45) is 0. The fraction of sp³-hybridized carbons (Fsp3) is 0.500. The van der Waals surface area contributed by atoms with E-state index < -0.39 is 10.0 Å². The fourth-order valence-electron chi connectivity index (χ4n) is 1.52. The van der Waals surface area contributed by atoms with Crippen molar-refractivity contribution < 1.29 is 13.2 Å². The molecule has 0 saturated heterocycles. The molecule has 0 fully saturated rings. The Morgan fingerprint density at radius 2 is 1.94 bits per heavy atom. The minimum absolute atomic E-state index is 0.0206. The summed E-state index contributed by atoms with van der Waals surface area (Å²) in [4.78, 5) is 0. The van der Waals surface area contributed by atoms with Gasteiger partial charge < -0.3 is 4.74 Å². The minimum Gasteiger partial charge on any atom is -0.384 e. The normalized spacial score (nSPS) is 11.9. The molecule has 0 radical (unpaired) electrons. The molecule has 0 aliphatic heterocycles. The maximum Gasteiger partial charge on any atom is 0.216 e. The van der Waals surface area contributed by atoms with Gasteiger partial charge in [-0.25, -0.2) is 8.42 Å². The van der Waals surface area contributed by atoms with E-state index in [1.54, 1.807) is 0 Å². The smallest absolute Gasteiger partial charge is 0.216 e. The van der Waals surface area contributed by atoms with Crippen LogP contribution in [0, 0.1) is 0 Å². The Balaban J connectivity index is 2.76. The fourth-order valence-corrected chi connectivity index (χ4v) is 3.17. The van der Waals surface area contributed by atoms with Crippen molar-refractivity contribution in [3.05, 3.63) is 35.9 Å². The molecular weight excluding hydrogens is 274 g/mol. The predicted molar refractivity (Wildman–Crippen MR) is 73.2 cm³/mol. The van der Waals surface area contributed by atoms with Gasteiger partial charge in [0, 0.05) is 26.1 Å². The zero-order valence-corrected chi connectivity index (χ0v) is 12.0. The molecule has 18 heavy (non-hydrogen) atoms. The molecule has 0 atom stereocenters. The van der Waals surface area contributed by atoms with Crippen LogP contribution in [0.2, 0.25) is 0 Å². The molecule has 102 valence electrons. The Bertz CT molecular complexity index is 436. The number of methoxy groups -OCH3 is 1. The molecule has 0 N–H and O–H groups in total. The van der Waals surface area contributed by atoms with Crippen molar-refractivity contribution in [3.63, 3.8) is 0 Å². The Morgan fingerprint density at radius 1 is 1.28 bits per heavy atom. The summed E-state index contributed by atoms with van der Waals surface area (Å²) in [6, 6.07) is 9.46. The molecule has 1 aromatic rings. The summed E-state index contributed by atoms with van der Waals surface area (Å²) in [6.45, 7) is 0.845. The van der Waals surface area contributed by atoms with Gasteiger partial charge in [-0.1, -0.05) is 30.3 Å². The van der Waals surface area contributed by atoms with Crippen molar-refractivity contribution in [1.29, 1.82) is 0 Å². The molecule has 0 aromatic heterocycles. The van der Waals surface area contributed by atoms with E-state index in [1.807, 2.05) is 30.3 Å². The van der Waals surface area contributed by atoms with Gasteiger partial charge in [0.05, 0.1) is 12.4 Å². The zero-order chi connectivity index (χ0) is 13.4. The van der Waals surface area contributed by atoms with Gasteiger partial charge >= 0.3 is 0 Å². The highest BCUT2D eigenvalue weighted by atomic mass is 35.5. The first-order valence-electron chi connectivity index (χ1n) is 5.67. The van der Waals surface area contributed by atoms with Crippen LogP contribution in [0.4, 0.5) is 0 Å². The molecule has 0 unspecified atom stereocenters. The molecule has 0 saturated carbocycles. The molecule has 0 spiro atoms. The van der Waals surface area contributed by atoms with Crippen LogP contribution in [0.15, 0.2) is 30.3 Å². The van der Waals surface area contributed by atoms with Crippen LogP contribution in [0.25, 0.3) is 0 Å². The summed E-state index contributed by atoms with van der Waals surface area (Å²) in [5, 5.41) is 0. The Morgan fingerprint density at radius 3 is 2.50 bits per heavy atom. The van der Waals surface area contributed by atoms with E-state index in [0.717, 1.165) is 5.56 Å². The highest BCUT2D eigenvalue weighted by Gasteiger charge is 2.21. The lowest BCUT2D eigenvalue weighted by molar-refractivity contribution is 0.215. The lowest BCUT2D eigenvalue weighted by atomic mass is 10.2. The van der Waals surface area contributed by atoms with E-state index in [-0.39, 0.29) is 18.2 Å². The minimum atomic E-state index is -3.32. The van der Waals surface area contributed by atoms with E-state index in [0.29, 0.717) is 13.1 Å². The standard InChI is InChI=1S/C12H18ClNO3S/c1-17-9-10-18(15,16)14(8-7-13)11-12-5-3-2-4-6-12/h2-6H,7-11H2,1H3. The van der Waals surface area contributed by atoms with E-state index >= 15 is 0 Å². The van der Waals surface area contributed by atoms with Gasteiger partial charge in [0.25, 0.3) is 0 Å². The van der Waals surface area contributed by atoms with E-state index in [4.69, 9.17) is 16.3 Å². The highest BCUT2D eigenvalue weighted by Crippen LogP contribution is 2.10. The first-order valence-corrected chi connectivity index (χ1v) is 7.81. The van der Waals surface area contributed by atoms with Crippen LogP contribution in [0.3, 0.4) is 0 Å². The number of benzene rings is 1. The van der Waals surface area contributed by atoms with Crippen molar-refractivity contribution in [1.82, 2.24) is 4.31 Å². The molecule has 0 aliphatic rings. The molecule has 1 rings (SSSR count). The van der Waals surface area contributed by atoms with Gasteiger partial charge in [-0.05, 0) is 5.56 Å². The lowest BCUT2D eigenvalue weighted by Gasteiger charge is -2.21. The summed E-state index contributed by atoms with van der Waals surface area (Å²) < 4.78 is 30.4. The van der Waals surface area contributed by atoms with Gasteiger partial charge in [-0.15, -0.1) is 11.6 Å². The van der Waals surface area contributed by atoms with Crippen LogP contribution in [-0.4, -0.2) is 44.6 Å². The summed E-state index contributed by atoms with van der Waals surface area (Å²) in [7, 11) is -1.84. The van der Waals surface area contributed by atoms with Crippen LogP contribution < -0.4 is 0 Å². The molecule has 0 amide bonds. The molecule has 6 heteroatoms.